The Hall–Kier alpha value is -3.69. The maximum Gasteiger partial charge on any atom is 0.338 e. The van der Waals surface area contributed by atoms with Gasteiger partial charge in [0.05, 0.1) is 15.8 Å². The third kappa shape index (κ3) is 5.97. The number of hydrogen-bond acceptors (Lipinski definition) is 7. The number of fused-ring (bicyclic) bond motifs is 1. The van der Waals surface area contributed by atoms with E-state index in [1.165, 1.54) is 12.1 Å². The number of benzene rings is 3. The summed E-state index contributed by atoms with van der Waals surface area (Å²) in [7, 11) is 0. The van der Waals surface area contributed by atoms with Gasteiger partial charge in [-0.3, -0.25) is 9.59 Å². The van der Waals surface area contributed by atoms with Crippen LogP contribution < -0.4 is 11.1 Å². The molecular formula is C24H19N3O4S2. The molecule has 4 aromatic rings. The molecule has 0 saturated heterocycles. The lowest BCUT2D eigenvalue weighted by molar-refractivity contribution is -0.119. The molecule has 0 aliphatic carbocycles. The zero-order valence-electron chi connectivity index (χ0n) is 17.3. The fourth-order valence-corrected chi connectivity index (χ4v) is 4.95. The molecule has 0 bridgehead atoms. The molecule has 0 unspecified atom stereocenters. The fraction of sp³-hybridized carbons (Fsp3) is 0.0833. The quantitative estimate of drug-likeness (QED) is 0.286. The van der Waals surface area contributed by atoms with Crippen molar-refractivity contribution >= 4 is 56.8 Å². The van der Waals surface area contributed by atoms with Crippen LogP contribution >= 0.6 is 23.1 Å². The van der Waals surface area contributed by atoms with Gasteiger partial charge in [-0.05, 0) is 54.1 Å². The highest BCUT2D eigenvalue weighted by atomic mass is 32.2. The van der Waals surface area contributed by atoms with Crippen molar-refractivity contribution < 1.29 is 19.1 Å². The van der Waals surface area contributed by atoms with Crippen molar-refractivity contribution in [1.82, 2.24) is 4.98 Å². The van der Waals surface area contributed by atoms with Crippen molar-refractivity contribution in [3.05, 3.63) is 89.5 Å². The van der Waals surface area contributed by atoms with Crippen LogP contribution in [0.2, 0.25) is 0 Å². The number of nitrogens with one attached hydrogen (secondary N) is 1. The molecule has 0 spiro atoms. The normalized spacial score (nSPS) is 10.7. The Labute approximate surface area is 198 Å². The van der Waals surface area contributed by atoms with Gasteiger partial charge in [-0.25, -0.2) is 9.78 Å². The van der Waals surface area contributed by atoms with Crippen molar-refractivity contribution in [2.45, 2.75) is 10.1 Å². The molecule has 2 amide bonds. The molecule has 0 aliphatic rings. The van der Waals surface area contributed by atoms with Gasteiger partial charge < -0.3 is 15.8 Å². The number of amides is 2. The van der Waals surface area contributed by atoms with Crippen LogP contribution in [-0.4, -0.2) is 29.4 Å². The predicted octanol–water partition coefficient (Wildman–Crippen LogP) is 4.48. The van der Waals surface area contributed by atoms with Crippen LogP contribution in [0.4, 0.5) is 5.69 Å². The number of thioether (sulfide) groups is 1. The number of carbonyl (C=O) groups is 3. The summed E-state index contributed by atoms with van der Waals surface area (Å²) < 4.78 is 7.24. The molecule has 0 aliphatic heterocycles. The summed E-state index contributed by atoms with van der Waals surface area (Å²) in [6.45, 7) is -0.425. The molecule has 1 aromatic heterocycles. The molecule has 166 valence electrons. The number of carbonyl (C=O) groups excluding carboxylic acids is 3. The van der Waals surface area contributed by atoms with Crippen molar-refractivity contribution in [3.8, 4) is 0 Å². The van der Waals surface area contributed by atoms with E-state index in [4.69, 9.17) is 10.5 Å². The number of esters is 1. The molecule has 3 N–H and O–H groups in total. The van der Waals surface area contributed by atoms with E-state index in [0.29, 0.717) is 16.8 Å². The molecule has 3 aromatic carbocycles. The van der Waals surface area contributed by atoms with Crippen LogP contribution in [0.3, 0.4) is 0 Å². The molecule has 0 atom stereocenters. The number of primary amides is 1. The summed E-state index contributed by atoms with van der Waals surface area (Å²) >= 11 is 3.30. The first-order valence-corrected chi connectivity index (χ1v) is 11.7. The lowest BCUT2D eigenvalue weighted by atomic mass is 10.1. The van der Waals surface area contributed by atoms with Gasteiger partial charge in [0.2, 0.25) is 5.91 Å². The number of rotatable bonds is 8. The van der Waals surface area contributed by atoms with Gasteiger partial charge in [0, 0.05) is 17.0 Å². The van der Waals surface area contributed by atoms with Gasteiger partial charge in [0.15, 0.2) is 10.9 Å². The van der Waals surface area contributed by atoms with Crippen LogP contribution in [-0.2, 0) is 15.3 Å². The molecule has 4 rings (SSSR count). The van der Waals surface area contributed by atoms with Gasteiger partial charge in [0.1, 0.15) is 0 Å². The molecule has 0 radical (unpaired) electrons. The summed E-state index contributed by atoms with van der Waals surface area (Å²) in [5.41, 5.74) is 8.39. The summed E-state index contributed by atoms with van der Waals surface area (Å²) in [5.74, 6) is -0.895. The number of aromatic nitrogens is 1. The summed E-state index contributed by atoms with van der Waals surface area (Å²) in [4.78, 5) is 39.9. The standard InChI is InChI=1S/C24H19N3O4S2/c25-22(29)16-9-11-18(12-10-16)26-21(28)13-31-23(30)17-7-5-15(6-8-17)14-32-24-27-19-3-1-2-4-20(19)33-24/h1-12H,13-14H2,(H2,25,29)(H,26,28). The second-order valence-corrected chi connectivity index (χ2v) is 9.25. The fourth-order valence-electron chi connectivity index (χ4n) is 2.92. The second-order valence-electron chi connectivity index (χ2n) is 7.00. The largest absolute Gasteiger partial charge is 0.452 e. The highest BCUT2D eigenvalue weighted by molar-refractivity contribution is 8.00. The first-order chi connectivity index (χ1) is 16.0. The number of ether oxygens (including phenoxy) is 1. The number of thiazole rings is 1. The topological polar surface area (TPSA) is 111 Å². The SMILES string of the molecule is NC(=O)c1ccc(NC(=O)COC(=O)c2ccc(CSc3nc4ccccc4s3)cc2)cc1. The Morgan fingerprint density at radius 2 is 1.64 bits per heavy atom. The van der Waals surface area contributed by atoms with Gasteiger partial charge in [-0.2, -0.15) is 0 Å². The molecule has 0 saturated carbocycles. The lowest BCUT2D eigenvalue weighted by Crippen LogP contribution is -2.21. The third-order valence-corrected chi connectivity index (χ3v) is 6.86. The summed E-state index contributed by atoms with van der Waals surface area (Å²) in [6.07, 6.45) is 0. The highest BCUT2D eigenvalue weighted by Crippen LogP contribution is 2.31. The monoisotopic (exact) mass is 477 g/mol. The Morgan fingerprint density at radius 3 is 2.33 bits per heavy atom. The number of hydrogen-bond donors (Lipinski definition) is 2. The first-order valence-electron chi connectivity index (χ1n) is 9.92. The third-order valence-electron chi connectivity index (χ3n) is 4.61. The number of anilines is 1. The Morgan fingerprint density at radius 1 is 0.939 bits per heavy atom. The smallest absolute Gasteiger partial charge is 0.338 e. The van der Waals surface area contributed by atoms with Crippen LogP contribution in [0.1, 0.15) is 26.3 Å². The van der Waals surface area contributed by atoms with E-state index in [2.05, 4.69) is 16.4 Å². The van der Waals surface area contributed by atoms with Crippen LogP contribution in [0.25, 0.3) is 10.2 Å². The average Bonchev–Trinajstić information content (AvgIpc) is 3.25. The maximum absolute atomic E-state index is 12.2. The zero-order valence-corrected chi connectivity index (χ0v) is 18.9. The Balaban J connectivity index is 1.25. The molecule has 1 heterocycles. The summed E-state index contributed by atoms with van der Waals surface area (Å²) in [6, 6.07) is 21.2. The average molecular weight is 478 g/mol. The van der Waals surface area contributed by atoms with Crippen molar-refractivity contribution in [2.24, 2.45) is 5.73 Å². The van der Waals surface area contributed by atoms with Crippen LogP contribution in [0.5, 0.6) is 0 Å². The first kappa shape index (κ1) is 22.5. The maximum atomic E-state index is 12.2. The van der Waals surface area contributed by atoms with Crippen LogP contribution in [0.15, 0.2) is 77.1 Å². The Kier molecular flexibility index (Phi) is 7.01. The predicted molar refractivity (Wildman–Crippen MR) is 129 cm³/mol. The molecular weight excluding hydrogens is 458 g/mol. The van der Waals surface area contributed by atoms with E-state index in [-0.39, 0.29) is 0 Å². The van der Waals surface area contributed by atoms with E-state index in [0.717, 1.165) is 25.9 Å². The van der Waals surface area contributed by atoms with Gasteiger partial charge in [0.25, 0.3) is 5.91 Å². The minimum atomic E-state index is -0.584. The van der Waals surface area contributed by atoms with Gasteiger partial charge in [-0.15, -0.1) is 11.3 Å². The van der Waals surface area contributed by atoms with Crippen molar-refractivity contribution in [3.63, 3.8) is 0 Å². The van der Waals surface area contributed by atoms with E-state index in [1.54, 1.807) is 47.4 Å². The highest BCUT2D eigenvalue weighted by Gasteiger charge is 2.11. The van der Waals surface area contributed by atoms with Gasteiger partial charge >= 0.3 is 5.97 Å². The Bertz CT molecular complexity index is 1270. The number of nitrogens with two attached hydrogens (primary N) is 1. The number of nitrogens with zero attached hydrogens (tertiary/aromatic N) is 1. The molecule has 7 nitrogen and oxygen atoms in total. The lowest BCUT2D eigenvalue weighted by Gasteiger charge is -2.07. The van der Waals surface area contributed by atoms with Crippen molar-refractivity contribution in [1.29, 1.82) is 0 Å². The van der Waals surface area contributed by atoms with Gasteiger partial charge in [-0.1, -0.05) is 36.0 Å². The van der Waals surface area contributed by atoms with E-state index >= 15 is 0 Å². The summed E-state index contributed by atoms with van der Waals surface area (Å²) in [5, 5.41) is 2.59. The van der Waals surface area contributed by atoms with Crippen LogP contribution in [0, 0.1) is 0 Å². The molecule has 33 heavy (non-hydrogen) atoms. The minimum Gasteiger partial charge on any atom is -0.452 e. The van der Waals surface area contributed by atoms with E-state index in [9.17, 15) is 14.4 Å². The van der Waals surface area contributed by atoms with E-state index < -0.39 is 24.4 Å². The van der Waals surface area contributed by atoms with E-state index in [1.807, 2.05) is 30.3 Å². The molecule has 0 fully saturated rings. The molecule has 9 heteroatoms. The number of para-hydroxylation sites is 1. The van der Waals surface area contributed by atoms with Crippen molar-refractivity contribution in [2.75, 3.05) is 11.9 Å². The second kappa shape index (κ2) is 10.3. The minimum absolute atomic E-state index is 0.335. The zero-order chi connectivity index (χ0) is 23.2.